The van der Waals surface area contributed by atoms with Gasteiger partial charge in [-0.25, -0.2) is 0 Å². The Morgan fingerprint density at radius 3 is 1.48 bits per heavy atom. The molecule has 3 nitrogen and oxygen atoms in total. The number of hydrogen-bond donors (Lipinski definition) is 0. The van der Waals surface area contributed by atoms with Gasteiger partial charge < -0.3 is 14.7 Å². The summed E-state index contributed by atoms with van der Waals surface area (Å²) in [4.78, 5) is 7.55. The van der Waals surface area contributed by atoms with Gasteiger partial charge in [-0.05, 0) is 162 Å². The molecule has 3 aliphatic rings. The first kappa shape index (κ1) is 46.5. The van der Waals surface area contributed by atoms with Gasteiger partial charge in [0, 0.05) is 56.6 Å². The normalized spacial score (nSPS) is 13.9. The summed E-state index contributed by atoms with van der Waals surface area (Å²) in [6.45, 7) is 18.5. The summed E-state index contributed by atoms with van der Waals surface area (Å²) in [6, 6.07) is 86.8. The lowest BCUT2D eigenvalue weighted by Gasteiger charge is -2.44. The van der Waals surface area contributed by atoms with Crippen LogP contribution >= 0.6 is 0 Å². The Morgan fingerprint density at radius 2 is 0.867 bits per heavy atom. The summed E-state index contributed by atoms with van der Waals surface area (Å²) in [5.74, 6) is 0. The zero-order chi connectivity index (χ0) is 51.4. The average molecular weight is 968 g/mol. The highest BCUT2D eigenvalue weighted by Gasteiger charge is 2.44. The highest BCUT2D eigenvalue weighted by molar-refractivity contribution is 7.00. The zero-order valence-corrected chi connectivity index (χ0v) is 44.4. The first-order valence-electron chi connectivity index (χ1n) is 26.7. The van der Waals surface area contributed by atoms with Crippen molar-refractivity contribution >= 4 is 74.3 Å². The number of anilines is 9. The zero-order valence-electron chi connectivity index (χ0n) is 44.4. The van der Waals surface area contributed by atoms with Crippen LogP contribution in [0.2, 0.25) is 0 Å². The second kappa shape index (κ2) is 17.4. The van der Waals surface area contributed by atoms with Gasteiger partial charge in [-0.2, -0.15) is 0 Å². The topological polar surface area (TPSA) is 9.72 Å². The molecule has 0 unspecified atom stereocenters. The molecule has 0 N–H and O–H groups in total. The fourth-order valence-electron chi connectivity index (χ4n) is 12.4. The SMILES string of the molecule is CC(C)(C)c1ccc(N(c2ccc(C(C)(C)C)cc2)c2ccc3c(c2)N(c2ccc4c(c2)C(C)(C)c2ccccc2-4)c2cccc4c2B3c2cc(-c3ccccc3)ccc2N4c2ccc(-c3ccccc3)cc2)cc1. The number of rotatable bonds is 7. The van der Waals surface area contributed by atoms with Crippen LogP contribution in [0.25, 0.3) is 33.4 Å². The maximum absolute atomic E-state index is 2.58. The van der Waals surface area contributed by atoms with Crippen LogP contribution in [0, 0.1) is 0 Å². The molecular weight excluding hydrogens is 906 g/mol. The van der Waals surface area contributed by atoms with E-state index in [1.165, 1.54) is 94.8 Å². The van der Waals surface area contributed by atoms with Crippen molar-refractivity contribution < 1.29 is 0 Å². The van der Waals surface area contributed by atoms with Gasteiger partial charge in [0.15, 0.2) is 0 Å². The molecule has 0 amide bonds. The van der Waals surface area contributed by atoms with Crippen molar-refractivity contribution in [2.24, 2.45) is 0 Å². The van der Waals surface area contributed by atoms with E-state index in [1.54, 1.807) is 0 Å². The lowest BCUT2D eigenvalue weighted by Crippen LogP contribution is -2.61. The van der Waals surface area contributed by atoms with Crippen LogP contribution in [0.3, 0.4) is 0 Å². The van der Waals surface area contributed by atoms with Crippen LogP contribution in [0.1, 0.15) is 77.6 Å². The van der Waals surface area contributed by atoms with Crippen molar-refractivity contribution in [3.63, 3.8) is 0 Å². The summed E-state index contributed by atoms with van der Waals surface area (Å²) < 4.78 is 0. The molecule has 0 fully saturated rings. The molecule has 10 aromatic rings. The Labute approximate surface area is 444 Å². The van der Waals surface area contributed by atoms with Crippen molar-refractivity contribution in [3.05, 3.63) is 253 Å². The molecule has 0 bridgehead atoms. The van der Waals surface area contributed by atoms with Gasteiger partial charge in [0.25, 0.3) is 6.71 Å². The van der Waals surface area contributed by atoms with E-state index in [9.17, 15) is 0 Å². The van der Waals surface area contributed by atoms with Crippen LogP contribution in [0.5, 0.6) is 0 Å². The van der Waals surface area contributed by atoms with Gasteiger partial charge in [0.1, 0.15) is 0 Å². The summed E-state index contributed by atoms with van der Waals surface area (Å²) in [7, 11) is 0. The van der Waals surface area contributed by atoms with E-state index in [0.717, 1.165) is 28.4 Å². The fourth-order valence-corrected chi connectivity index (χ4v) is 12.4. The Balaban J connectivity index is 1.06. The van der Waals surface area contributed by atoms with Gasteiger partial charge in [-0.15, -0.1) is 0 Å². The Morgan fingerprint density at radius 1 is 0.360 bits per heavy atom. The molecule has 2 aliphatic heterocycles. The quantitative estimate of drug-likeness (QED) is 0.147. The van der Waals surface area contributed by atoms with Gasteiger partial charge in [-0.3, -0.25) is 0 Å². The van der Waals surface area contributed by atoms with Crippen LogP contribution in [-0.2, 0) is 16.2 Å². The second-order valence-corrected chi connectivity index (χ2v) is 23.4. The minimum Gasteiger partial charge on any atom is -0.311 e. The maximum Gasteiger partial charge on any atom is 0.252 e. The Hall–Kier alpha value is -8.34. The molecule has 0 radical (unpaired) electrons. The largest absolute Gasteiger partial charge is 0.311 e. The van der Waals surface area contributed by atoms with Crippen LogP contribution in [0.4, 0.5) is 51.2 Å². The summed E-state index contributed by atoms with van der Waals surface area (Å²) in [6.07, 6.45) is 0. The Bertz CT molecular complexity index is 3750. The van der Waals surface area contributed by atoms with Crippen molar-refractivity contribution in [2.75, 3.05) is 14.7 Å². The summed E-state index contributed by atoms with van der Waals surface area (Å²) in [5.41, 5.74) is 26.9. The van der Waals surface area contributed by atoms with Crippen molar-refractivity contribution in [3.8, 4) is 33.4 Å². The van der Waals surface area contributed by atoms with Crippen LogP contribution in [0.15, 0.2) is 231 Å². The minimum absolute atomic E-state index is 0.0277. The predicted molar refractivity (Wildman–Crippen MR) is 321 cm³/mol. The molecule has 0 saturated heterocycles. The van der Waals surface area contributed by atoms with E-state index < -0.39 is 0 Å². The molecule has 0 aromatic heterocycles. The molecule has 0 atom stereocenters. The lowest BCUT2D eigenvalue weighted by molar-refractivity contribution is 0.590. The number of nitrogens with zero attached hydrogens (tertiary/aromatic N) is 3. The molecular formula is C71H62BN3. The molecule has 75 heavy (non-hydrogen) atoms. The van der Waals surface area contributed by atoms with Crippen molar-refractivity contribution in [1.29, 1.82) is 0 Å². The number of hydrogen-bond acceptors (Lipinski definition) is 3. The molecule has 4 heteroatoms. The molecule has 10 aromatic carbocycles. The molecule has 0 saturated carbocycles. The van der Waals surface area contributed by atoms with E-state index >= 15 is 0 Å². The first-order valence-corrected chi connectivity index (χ1v) is 26.7. The summed E-state index contributed by atoms with van der Waals surface area (Å²) >= 11 is 0. The number of benzene rings is 10. The van der Waals surface area contributed by atoms with Gasteiger partial charge >= 0.3 is 0 Å². The van der Waals surface area contributed by atoms with Crippen molar-refractivity contribution in [2.45, 2.75) is 71.6 Å². The van der Waals surface area contributed by atoms with E-state index in [0.29, 0.717) is 0 Å². The second-order valence-electron chi connectivity index (χ2n) is 23.4. The summed E-state index contributed by atoms with van der Waals surface area (Å²) in [5, 5.41) is 0. The molecule has 1 aliphatic carbocycles. The number of fused-ring (bicyclic) bond motifs is 7. The standard InChI is InChI=1S/C71H62BN3/c1-69(2,3)51-29-35-53(36-30-51)73(54-37-31-52(32-38-54)70(4,5)6)57-40-42-62-67(46-57)75(56-39-41-59-58-22-15-16-23-60(58)71(7,8)61(59)45-56)66-25-17-24-65-68(66)72(62)63-44-50(48-20-13-10-14-21-48)28-43-64(63)74(65)55-33-26-49(27-34-55)47-18-11-9-12-19-47/h9-46H,1-8H3. The maximum atomic E-state index is 2.58. The lowest BCUT2D eigenvalue weighted by atomic mass is 9.33. The van der Waals surface area contributed by atoms with Crippen LogP contribution < -0.4 is 31.1 Å². The van der Waals surface area contributed by atoms with Gasteiger partial charge in [0.05, 0.1) is 0 Å². The highest BCUT2D eigenvalue weighted by atomic mass is 15.2. The third-order valence-electron chi connectivity index (χ3n) is 16.4. The minimum atomic E-state index is -0.175. The van der Waals surface area contributed by atoms with Crippen molar-refractivity contribution in [1.82, 2.24) is 0 Å². The van der Waals surface area contributed by atoms with E-state index in [2.05, 4.69) is 301 Å². The average Bonchev–Trinajstić information content (AvgIpc) is 3.68. The smallest absolute Gasteiger partial charge is 0.252 e. The first-order chi connectivity index (χ1) is 36.2. The van der Waals surface area contributed by atoms with E-state index in [1.807, 2.05) is 0 Å². The highest BCUT2D eigenvalue weighted by Crippen LogP contribution is 2.52. The van der Waals surface area contributed by atoms with E-state index in [4.69, 9.17) is 0 Å². The predicted octanol–water partition coefficient (Wildman–Crippen LogP) is 17.5. The molecule has 2 heterocycles. The molecule has 364 valence electrons. The van der Waals surface area contributed by atoms with Gasteiger partial charge in [-0.1, -0.05) is 207 Å². The van der Waals surface area contributed by atoms with Crippen LogP contribution in [-0.4, -0.2) is 6.71 Å². The molecule has 13 rings (SSSR count). The Kier molecular flexibility index (Phi) is 10.8. The monoisotopic (exact) mass is 968 g/mol. The third-order valence-corrected chi connectivity index (χ3v) is 16.4. The fraction of sp³-hybridized carbons (Fsp3) is 0.155. The third kappa shape index (κ3) is 7.72. The molecule has 0 spiro atoms. The van der Waals surface area contributed by atoms with E-state index in [-0.39, 0.29) is 23.0 Å². The van der Waals surface area contributed by atoms with Gasteiger partial charge in [0.2, 0.25) is 0 Å².